The van der Waals surface area contributed by atoms with Crippen LogP contribution in [-0.2, 0) is 17.4 Å². The van der Waals surface area contributed by atoms with E-state index >= 15 is 0 Å². The molecule has 9 heteroatoms. The smallest absolute Gasteiger partial charge is 0.342 e. The number of hydrogen-bond donors (Lipinski definition) is 1. The molecule has 3 heterocycles. The first-order chi connectivity index (χ1) is 13.2. The SMILES string of the molecule is CNC[C@@H]1CCN(C(=O)Cc2c(C)nn(-c3ccc(C(F)(F)F)cn3)c2C)C1. The van der Waals surface area contributed by atoms with E-state index in [2.05, 4.69) is 15.4 Å². The van der Waals surface area contributed by atoms with E-state index in [0.29, 0.717) is 23.1 Å². The van der Waals surface area contributed by atoms with Crippen molar-refractivity contribution in [2.45, 2.75) is 32.9 Å². The summed E-state index contributed by atoms with van der Waals surface area (Å²) in [5.74, 6) is 0.808. The molecule has 1 fully saturated rings. The van der Waals surface area contributed by atoms with Gasteiger partial charge in [0.25, 0.3) is 0 Å². The van der Waals surface area contributed by atoms with E-state index in [1.165, 1.54) is 10.7 Å². The normalized spacial score (nSPS) is 17.4. The zero-order valence-corrected chi connectivity index (χ0v) is 16.2. The quantitative estimate of drug-likeness (QED) is 0.845. The van der Waals surface area contributed by atoms with Crippen LogP contribution in [0.5, 0.6) is 0 Å². The van der Waals surface area contributed by atoms with E-state index in [1.807, 2.05) is 11.9 Å². The van der Waals surface area contributed by atoms with Crippen LogP contribution in [0.4, 0.5) is 13.2 Å². The Morgan fingerprint density at radius 1 is 1.32 bits per heavy atom. The third-order valence-corrected chi connectivity index (χ3v) is 5.19. The molecule has 1 aliphatic heterocycles. The Hall–Kier alpha value is -2.42. The highest BCUT2D eigenvalue weighted by Crippen LogP contribution is 2.29. The summed E-state index contributed by atoms with van der Waals surface area (Å²) in [6, 6.07) is 2.27. The third kappa shape index (κ3) is 4.19. The minimum Gasteiger partial charge on any atom is -0.342 e. The Morgan fingerprint density at radius 2 is 2.07 bits per heavy atom. The lowest BCUT2D eigenvalue weighted by Crippen LogP contribution is -2.31. The maximum atomic E-state index is 12.7. The van der Waals surface area contributed by atoms with Crippen molar-refractivity contribution >= 4 is 5.91 Å². The summed E-state index contributed by atoms with van der Waals surface area (Å²) in [5, 5.41) is 7.53. The maximum Gasteiger partial charge on any atom is 0.417 e. The van der Waals surface area contributed by atoms with E-state index in [9.17, 15) is 18.0 Å². The molecule has 28 heavy (non-hydrogen) atoms. The number of pyridine rings is 1. The number of aromatic nitrogens is 3. The maximum absolute atomic E-state index is 12.7. The van der Waals surface area contributed by atoms with E-state index in [4.69, 9.17) is 0 Å². The van der Waals surface area contributed by atoms with Gasteiger partial charge in [0.05, 0.1) is 17.7 Å². The second kappa shape index (κ2) is 7.90. The molecule has 3 rings (SSSR count). The lowest BCUT2D eigenvalue weighted by atomic mass is 10.1. The highest BCUT2D eigenvalue weighted by Gasteiger charge is 2.31. The van der Waals surface area contributed by atoms with Crippen molar-refractivity contribution in [3.63, 3.8) is 0 Å². The zero-order chi connectivity index (χ0) is 20.5. The summed E-state index contributed by atoms with van der Waals surface area (Å²) in [6.07, 6.45) is -2.42. The van der Waals surface area contributed by atoms with E-state index in [-0.39, 0.29) is 12.3 Å². The minimum absolute atomic E-state index is 0.0460. The van der Waals surface area contributed by atoms with Crippen LogP contribution in [0, 0.1) is 19.8 Å². The zero-order valence-electron chi connectivity index (χ0n) is 16.2. The monoisotopic (exact) mass is 395 g/mol. The molecule has 1 N–H and O–H groups in total. The Bertz CT molecular complexity index is 844. The second-order valence-corrected chi connectivity index (χ2v) is 7.19. The van der Waals surface area contributed by atoms with Crippen molar-refractivity contribution in [3.05, 3.63) is 40.8 Å². The van der Waals surface area contributed by atoms with E-state index in [0.717, 1.165) is 43.9 Å². The van der Waals surface area contributed by atoms with Gasteiger partial charge in [0.15, 0.2) is 5.82 Å². The van der Waals surface area contributed by atoms with Gasteiger partial charge in [-0.15, -0.1) is 0 Å². The van der Waals surface area contributed by atoms with Gasteiger partial charge in [-0.25, -0.2) is 9.67 Å². The number of alkyl halides is 3. The Morgan fingerprint density at radius 3 is 2.68 bits per heavy atom. The fraction of sp³-hybridized carbons (Fsp3) is 0.526. The first kappa shape index (κ1) is 20.3. The fourth-order valence-electron chi connectivity index (χ4n) is 3.61. The van der Waals surface area contributed by atoms with Gasteiger partial charge < -0.3 is 10.2 Å². The highest BCUT2D eigenvalue weighted by atomic mass is 19.4. The summed E-state index contributed by atoms with van der Waals surface area (Å²) in [5.41, 5.74) is 1.38. The predicted molar refractivity (Wildman–Crippen MR) is 98.2 cm³/mol. The third-order valence-electron chi connectivity index (χ3n) is 5.19. The summed E-state index contributed by atoms with van der Waals surface area (Å²) >= 11 is 0. The number of carbonyl (C=O) groups is 1. The molecule has 1 saturated heterocycles. The Labute approximate surface area is 161 Å². The Kier molecular flexibility index (Phi) is 5.74. The van der Waals surface area contributed by atoms with Gasteiger partial charge in [-0.2, -0.15) is 18.3 Å². The van der Waals surface area contributed by atoms with Gasteiger partial charge in [0, 0.05) is 30.5 Å². The minimum atomic E-state index is -4.43. The fourth-order valence-corrected chi connectivity index (χ4v) is 3.61. The lowest BCUT2D eigenvalue weighted by Gasteiger charge is -2.16. The molecule has 6 nitrogen and oxygen atoms in total. The van der Waals surface area contributed by atoms with Crippen LogP contribution < -0.4 is 5.32 Å². The second-order valence-electron chi connectivity index (χ2n) is 7.19. The molecule has 1 aliphatic rings. The number of likely N-dealkylation sites (tertiary alicyclic amines) is 1. The van der Waals surface area contributed by atoms with E-state index in [1.54, 1.807) is 13.8 Å². The molecule has 1 amide bonds. The predicted octanol–water partition coefficient (Wildman–Crippen LogP) is 2.51. The van der Waals surface area contributed by atoms with Gasteiger partial charge in [-0.1, -0.05) is 0 Å². The molecule has 0 aliphatic carbocycles. The first-order valence-electron chi connectivity index (χ1n) is 9.21. The highest BCUT2D eigenvalue weighted by molar-refractivity contribution is 5.79. The summed E-state index contributed by atoms with van der Waals surface area (Å²) < 4.78 is 39.7. The van der Waals surface area contributed by atoms with Crippen LogP contribution in [0.15, 0.2) is 18.3 Å². The Balaban J connectivity index is 1.76. The summed E-state index contributed by atoms with van der Waals surface area (Å²) in [7, 11) is 1.90. The van der Waals surface area contributed by atoms with Crippen LogP contribution in [0.2, 0.25) is 0 Å². The molecule has 0 saturated carbocycles. The molecule has 152 valence electrons. The summed E-state index contributed by atoms with van der Waals surface area (Å²) in [6.45, 7) is 5.98. The van der Waals surface area contributed by atoms with Crippen molar-refractivity contribution < 1.29 is 18.0 Å². The molecular formula is C19H24F3N5O. The van der Waals surface area contributed by atoms with Crippen LogP contribution in [0.1, 0.15) is 28.9 Å². The van der Waals surface area contributed by atoms with Crippen molar-refractivity contribution in [3.8, 4) is 5.82 Å². The van der Waals surface area contributed by atoms with Crippen LogP contribution >= 0.6 is 0 Å². The largest absolute Gasteiger partial charge is 0.417 e. The molecule has 0 spiro atoms. The number of carbonyl (C=O) groups excluding carboxylic acids is 1. The number of amides is 1. The molecular weight excluding hydrogens is 371 g/mol. The number of nitrogens with one attached hydrogen (secondary N) is 1. The number of halogens is 3. The topological polar surface area (TPSA) is 63.1 Å². The van der Waals surface area contributed by atoms with Crippen LogP contribution in [0.3, 0.4) is 0 Å². The number of aryl methyl sites for hydroxylation is 1. The molecule has 2 aromatic rings. The number of rotatable bonds is 5. The molecule has 2 aromatic heterocycles. The summed E-state index contributed by atoms with van der Waals surface area (Å²) in [4.78, 5) is 18.5. The van der Waals surface area contributed by atoms with Gasteiger partial charge in [-0.05, 0) is 51.9 Å². The van der Waals surface area contributed by atoms with Crippen LogP contribution in [0.25, 0.3) is 5.82 Å². The molecule has 0 unspecified atom stereocenters. The molecule has 1 atom stereocenters. The van der Waals surface area contributed by atoms with E-state index < -0.39 is 11.7 Å². The first-order valence-corrected chi connectivity index (χ1v) is 9.21. The van der Waals surface area contributed by atoms with Crippen LogP contribution in [-0.4, -0.2) is 52.3 Å². The van der Waals surface area contributed by atoms with Gasteiger partial charge >= 0.3 is 6.18 Å². The molecule has 0 radical (unpaired) electrons. The number of nitrogens with zero attached hydrogens (tertiary/aromatic N) is 4. The van der Waals surface area contributed by atoms with Gasteiger partial charge in [-0.3, -0.25) is 4.79 Å². The average molecular weight is 395 g/mol. The standard InChI is InChI=1S/C19H24F3N5O/c1-12-16(8-18(28)26-7-6-14(11-26)9-23-3)13(2)27(25-12)17-5-4-15(10-24-17)19(20,21)22/h4-5,10,14,23H,6-9,11H2,1-3H3/t14-/m0/s1. The molecule has 0 bridgehead atoms. The van der Waals surface area contributed by atoms with Gasteiger partial charge in [0.1, 0.15) is 0 Å². The number of hydrogen-bond acceptors (Lipinski definition) is 4. The average Bonchev–Trinajstić information content (AvgIpc) is 3.21. The molecule has 0 aromatic carbocycles. The lowest BCUT2D eigenvalue weighted by molar-refractivity contribution is -0.137. The van der Waals surface area contributed by atoms with Crippen molar-refractivity contribution in [2.75, 3.05) is 26.7 Å². The van der Waals surface area contributed by atoms with Crippen molar-refractivity contribution in [2.24, 2.45) is 5.92 Å². The van der Waals surface area contributed by atoms with Gasteiger partial charge in [0.2, 0.25) is 5.91 Å². The van der Waals surface area contributed by atoms with Crippen molar-refractivity contribution in [1.82, 2.24) is 25.0 Å². The van der Waals surface area contributed by atoms with Crippen molar-refractivity contribution in [1.29, 1.82) is 0 Å².